The number of aryl methyl sites for hydroxylation is 3. The predicted octanol–water partition coefficient (Wildman–Crippen LogP) is 3.61. The van der Waals surface area contributed by atoms with Gasteiger partial charge in [0.1, 0.15) is 12.3 Å². The summed E-state index contributed by atoms with van der Waals surface area (Å²) in [7, 11) is -3.58. The van der Waals surface area contributed by atoms with Crippen LogP contribution in [0.25, 0.3) is 0 Å². The number of para-hydroxylation sites is 1. The standard InChI is InChI=1S/C23H32N2O4S/c1-17(2)29-21-13-11-20(12-14-21)10-7-15-24-22(26)16-25(30(5,27)28)23-18(3)8-6-9-19(23)4/h6,8-9,11-14,17H,7,10,15-16H2,1-5H3,(H,24,26). The monoisotopic (exact) mass is 432 g/mol. The smallest absolute Gasteiger partial charge is 0.240 e. The molecule has 0 aromatic heterocycles. The second kappa shape index (κ2) is 10.5. The van der Waals surface area contributed by atoms with Crippen molar-refractivity contribution < 1.29 is 17.9 Å². The number of ether oxygens (including phenoxy) is 1. The minimum Gasteiger partial charge on any atom is -0.491 e. The van der Waals surface area contributed by atoms with Gasteiger partial charge in [-0.05, 0) is 69.4 Å². The molecule has 0 saturated carbocycles. The zero-order chi connectivity index (χ0) is 22.3. The van der Waals surface area contributed by atoms with Crippen LogP contribution in [0.5, 0.6) is 5.75 Å². The number of carbonyl (C=O) groups is 1. The highest BCUT2D eigenvalue weighted by molar-refractivity contribution is 7.92. The third kappa shape index (κ3) is 7.06. The molecule has 0 radical (unpaired) electrons. The van der Waals surface area contributed by atoms with Crippen LogP contribution in [-0.4, -0.2) is 39.8 Å². The summed E-state index contributed by atoms with van der Waals surface area (Å²) in [4.78, 5) is 12.4. The van der Waals surface area contributed by atoms with E-state index >= 15 is 0 Å². The molecule has 0 atom stereocenters. The molecule has 7 heteroatoms. The van der Waals surface area contributed by atoms with Gasteiger partial charge >= 0.3 is 0 Å². The molecule has 0 fully saturated rings. The molecule has 2 aromatic carbocycles. The number of rotatable bonds is 10. The van der Waals surface area contributed by atoms with Crippen LogP contribution in [0.4, 0.5) is 5.69 Å². The second-order valence-electron chi connectivity index (χ2n) is 7.77. The highest BCUT2D eigenvalue weighted by Gasteiger charge is 2.23. The topological polar surface area (TPSA) is 75.7 Å². The summed E-state index contributed by atoms with van der Waals surface area (Å²) in [5, 5.41) is 2.83. The minimum absolute atomic E-state index is 0.140. The molecule has 1 amide bonds. The van der Waals surface area contributed by atoms with Crippen molar-refractivity contribution >= 4 is 21.6 Å². The van der Waals surface area contributed by atoms with Crippen LogP contribution in [0.1, 0.15) is 37.0 Å². The zero-order valence-corrected chi connectivity index (χ0v) is 19.3. The first kappa shape index (κ1) is 23.7. The summed E-state index contributed by atoms with van der Waals surface area (Å²) < 4.78 is 31.4. The van der Waals surface area contributed by atoms with E-state index in [4.69, 9.17) is 4.74 Å². The van der Waals surface area contributed by atoms with Gasteiger partial charge in [-0.2, -0.15) is 0 Å². The number of nitrogens with one attached hydrogen (secondary N) is 1. The Morgan fingerprint density at radius 1 is 1.07 bits per heavy atom. The van der Waals surface area contributed by atoms with Crippen LogP contribution >= 0.6 is 0 Å². The van der Waals surface area contributed by atoms with E-state index in [0.29, 0.717) is 12.2 Å². The lowest BCUT2D eigenvalue weighted by molar-refractivity contribution is -0.119. The van der Waals surface area contributed by atoms with Gasteiger partial charge in [-0.3, -0.25) is 9.10 Å². The molecule has 0 aliphatic rings. The molecule has 164 valence electrons. The van der Waals surface area contributed by atoms with Crippen molar-refractivity contribution in [3.8, 4) is 5.75 Å². The highest BCUT2D eigenvalue weighted by atomic mass is 32.2. The first-order valence-electron chi connectivity index (χ1n) is 10.1. The van der Waals surface area contributed by atoms with E-state index in [-0.39, 0.29) is 18.6 Å². The van der Waals surface area contributed by atoms with Crippen molar-refractivity contribution in [3.63, 3.8) is 0 Å². The van der Waals surface area contributed by atoms with Gasteiger partial charge in [0, 0.05) is 6.54 Å². The normalized spacial score (nSPS) is 11.4. The van der Waals surface area contributed by atoms with Gasteiger partial charge in [0.05, 0.1) is 18.0 Å². The molecule has 6 nitrogen and oxygen atoms in total. The molecule has 0 aliphatic heterocycles. The first-order chi connectivity index (χ1) is 14.1. The average Bonchev–Trinajstić information content (AvgIpc) is 2.64. The maximum absolute atomic E-state index is 12.4. The van der Waals surface area contributed by atoms with Gasteiger partial charge in [-0.25, -0.2) is 8.42 Å². The molecule has 0 aliphatic carbocycles. The van der Waals surface area contributed by atoms with Crippen molar-refractivity contribution in [2.75, 3.05) is 23.7 Å². The van der Waals surface area contributed by atoms with Gasteiger partial charge in [0.2, 0.25) is 15.9 Å². The number of carbonyl (C=O) groups excluding carboxylic acids is 1. The number of sulfonamides is 1. The minimum atomic E-state index is -3.58. The first-order valence-corrected chi connectivity index (χ1v) is 12.0. The molecule has 2 aromatic rings. The van der Waals surface area contributed by atoms with Gasteiger partial charge in [0.25, 0.3) is 0 Å². The van der Waals surface area contributed by atoms with E-state index in [2.05, 4.69) is 5.32 Å². The van der Waals surface area contributed by atoms with Crippen molar-refractivity contribution in [1.82, 2.24) is 5.32 Å². The van der Waals surface area contributed by atoms with E-state index in [0.717, 1.165) is 41.5 Å². The predicted molar refractivity (Wildman–Crippen MR) is 122 cm³/mol. The number of amides is 1. The SMILES string of the molecule is Cc1cccc(C)c1N(CC(=O)NCCCc1ccc(OC(C)C)cc1)S(C)(=O)=O. The summed E-state index contributed by atoms with van der Waals surface area (Å²) in [5.41, 5.74) is 3.36. The summed E-state index contributed by atoms with van der Waals surface area (Å²) >= 11 is 0. The second-order valence-corrected chi connectivity index (χ2v) is 9.68. The Bertz CT molecular complexity index is 933. The van der Waals surface area contributed by atoms with E-state index in [1.807, 2.05) is 70.2 Å². The maximum atomic E-state index is 12.4. The fourth-order valence-electron chi connectivity index (χ4n) is 3.27. The number of hydrogen-bond donors (Lipinski definition) is 1. The quantitative estimate of drug-likeness (QED) is 0.582. The summed E-state index contributed by atoms with van der Waals surface area (Å²) in [5.74, 6) is 0.526. The van der Waals surface area contributed by atoms with E-state index in [1.54, 1.807) is 0 Å². The molecular weight excluding hydrogens is 400 g/mol. The number of nitrogens with zero attached hydrogens (tertiary/aromatic N) is 1. The van der Waals surface area contributed by atoms with Crippen LogP contribution in [0.15, 0.2) is 42.5 Å². The lowest BCUT2D eigenvalue weighted by atomic mass is 10.1. The fraction of sp³-hybridized carbons (Fsp3) is 0.435. The maximum Gasteiger partial charge on any atom is 0.240 e. The Kier molecular flexibility index (Phi) is 8.29. The molecule has 0 spiro atoms. The number of anilines is 1. The Morgan fingerprint density at radius 3 is 2.20 bits per heavy atom. The molecule has 0 bridgehead atoms. The van der Waals surface area contributed by atoms with Crippen LogP contribution in [0.3, 0.4) is 0 Å². The Labute approximate surface area is 180 Å². The third-order valence-corrected chi connectivity index (χ3v) is 5.75. The number of benzene rings is 2. The summed E-state index contributed by atoms with van der Waals surface area (Å²) in [6.45, 7) is 7.91. The van der Waals surface area contributed by atoms with Crippen LogP contribution < -0.4 is 14.4 Å². The van der Waals surface area contributed by atoms with Gasteiger partial charge in [-0.15, -0.1) is 0 Å². The van der Waals surface area contributed by atoms with E-state index in [9.17, 15) is 13.2 Å². The van der Waals surface area contributed by atoms with Crippen LogP contribution in [-0.2, 0) is 21.2 Å². The van der Waals surface area contributed by atoms with Crippen molar-refractivity contribution in [1.29, 1.82) is 0 Å². The van der Waals surface area contributed by atoms with Gasteiger partial charge < -0.3 is 10.1 Å². The van der Waals surface area contributed by atoms with Crippen molar-refractivity contribution in [3.05, 3.63) is 59.2 Å². The van der Waals surface area contributed by atoms with Gasteiger partial charge in [0.15, 0.2) is 0 Å². The Balaban J connectivity index is 1.89. The van der Waals surface area contributed by atoms with E-state index in [1.165, 1.54) is 4.31 Å². The Morgan fingerprint density at radius 2 is 1.67 bits per heavy atom. The molecule has 0 saturated heterocycles. The van der Waals surface area contributed by atoms with E-state index < -0.39 is 10.0 Å². The van der Waals surface area contributed by atoms with Gasteiger partial charge in [-0.1, -0.05) is 30.3 Å². The molecule has 0 unspecified atom stereocenters. The third-order valence-electron chi connectivity index (χ3n) is 4.64. The molecule has 2 rings (SSSR count). The number of hydrogen-bond acceptors (Lipinski definition) is 4. The van der Waals surface area contributed by atoms with Crippen LogP contribution in [0.2, 0.25) is 0 Å². The lowest BCUT2D eigenvalue weighted by Crippen LogP contribution is -2.41. The Hall–Kier alpha value is -2.54. The summed E-state index contributed by atoms with van der Waals surface area (Å²) in [6, 6.07) is 13.5. The molecular formula is C23H32N2O4S. The molecule has 30 heavy (non-hydrogen) atoms. The van der Waals surface area contributed by atoms with Crippen LogP contribution in [0, 0.1) is 13.8 Å². The van der Waals surface area contributed by atoms with Crippen molar-refractivity contribution in [2.24, 2.45) is 0 Å². The van der Waals surface area contributed by atoms with Crippen molar-refractivity contribution in [2.45, 2.75) is 46.6 Å². The largest absolute Gasteiger partial charge is 0.491 e. The lowest BCUT2D eigenvalue weighted by Gasteiger charge is -2.25. The fourth-order valence-corrected chi connectivity index (χ4v) is 4.25. The molecule has 1 N–H and O–H groups in total. The average molecular weight is 433 g/mol. The highest BCUT2D eigenvalue weighted by Crippen LogP contribution is 2.26. The zero-order valence-electron chi connectivity index (χ0n) is 18.4. The molecule has 0 heterocycles. The summed E-state index contributed by atoms with van der Waals surface area (Å²) in [6.07, 6.45) is 2.84.